The molecule has 0 aliphatic heterocycles. The first-order chi connectivity index (χ1) is 5.66. The zero-order chi connectivity index (χ0) is 9.40. The van der Waals surface area contributed by atoms with E-state index in [9.17, 15) is 18.0 Å². The van der Waals surface area contributed by atoms with E-state index in [1.807, 2.05) is 18.2 Å². The minimum absolute atomic E-state index is 0. The molecule has 1 rings (SSSR count). The van der Waals surface area contributed by atoms with Crippen molar-refractivity contribution in [3.8, 4) is 0 Å². The van der Waals surface area contributed by atoms with Crippen LogP contribution < -0.4 is 0 Å². The van der Waals surface area contributed by atoms with Gasteiger partial charge in [0.15, 0.2) is 0 Å². The molecule has 0 unspecified atom stereocenters. The van der Waals surface area contributed by atoms with Crippen molar-refractivity contribution in [3.63, 3.8) is 0 Å². The zero-order valence-corrected chi connectivity index (χ0v) is 6.08. The molecule has 0 bridgehead atoms. The summed E-state index contributed by atoms with van der Waals surface area (Å²) in [6.07, 6.45) is 0.833. The van der Waals surface area contributed by atoms with E-state index in [1.54, 1.807) is 12.1 Å². The Bertz CT molecular complexity index is 209. The molecule has 0 amide bonds. The first kappa shape index (κ1) is 14.2. The lowest BCUT2D eigenvalue weighted by Gasteiger charge is -1.81. The molecule has 0 radical (unpaired) electrons. The Morgan fingerprint density at radius 1 is 1.08 bits per heavy atom. The molecule has 0 aliphatic rings. The Labute approximate surface area is 75.2 Å². The van der Waals surface area contributed by atoms with Crippen molar-refractivity contribution < 1.29 is 18.0 Å². The standard InChI is InChI=1S/C7H6O.CHF3.CH4/c8-6-7-4-2-1-3-5-7;2-1(3)4;/h1-6H;1H;1H4. The SMILES string of the molecule is C.FC(F)F.O=Cc1ccccc1. The summed E-state index contributed by atoms with van der Waals surface area (Å²) in [5.41, 5.74) is 0.729. The van der Waals surface area contributed by atoms with Crippen molar-refractivity contribution in [1.82, 2.24) is 0 Å². The number of halogens is 3. The monoisotopic (exact) mass is 192 g/mol. The molecular formula is C9H11F3O. The van der Waals surface area contributed by atoms with Crippen molar-refractivity contribution in [1.29, 1.82) is 0 Å². The fourth-order valence-electron chi connectivity index (χ4n) is 0.532. The molecule has 0 heterocycles. The van der Waals surface area contributed by atoms with E-state index in [0.717, 1.165) is 11.8 Å². The van der Waals surface area contributed by atoms with Gasteiger partial charge < -0.3 is 0 Å². The van der Waals surface area contributed by atoms with Gasteiger partial charge in [0.25, 0.3) is 0 Å². The lowest BCUT2D eigenvalue weighted by Crippen LogP contribution is -1.73. The molecule has 1 aromatic carbocycles. The van der Waals surface area contributed by atoms with Gasteiger partial charge in [-0.25, -0.2) is 0 Å². The molecule has 0 atom stereocenters. The molecule has 0 saturated heterocycles. The second-order valence-corrected chi connectivity index (χ2v) is 1.78. The minimum atomic E-state index is -3.67. The summed E-state index contributed by atoms with van der Waals surface area (Å²) in [5.74, 6) is 0. The van der Waals surface area contributed by atoms with Gasteiger partial charge in [0.1, 0.15) is 6.29 Å². The molecule has 0 fully saturated rings. The van der Waals surface area contributed by atoms with Gasteiger partial charge in [0.05, 0.1) is 0 Å². The molecule has 0 aliphatic carbocycles. The van der Waals surface area contributed by atoms with Crippen LogP contribution in [0.2, 0.25) is 0 Å². The largest absolute Gasteiger partial charge is 0.379 e. The average Bonchev–Trinajstić information content (AvgIpc) is 2.05. The molecule has 0 spiro atoms. The van der Waals surface area contributed by atoms with Gasteiger partial charge in [-0.15, -0.1) is 0 Å². The third-order valence-electron chi connectivity index (χ3n) is 0.936. The second kappa shape index (κ2) is 8.77. The Morgan fingerprint density at radius 3 is 1.69 bits per heavy atom. The fraction of sp³-hybridized carbons (Fsp3) is 0.222. The Hall–Kier alpha value is -1.32. The minimum Gasteiger partial charge on any atom is -0.298 e. The van der Waals surface area contributed by atoms with E-state index >= 15 is 0 Å². The molecule has 0 aromatic heterocycles. The van der Waals surface area contributed by atoms with Crippen LogP contribution in [-0.4, -0.2) is 13.0 Å². The van der Waals surface area contributed by atoms with Crippen molar-refractivity contribution in [3.05, 3.63) is 35.9 Å². The summed E-state index contributed by atoms with van der Waals surface area (Å²) >= 11 is 0. The number of aldehydes is 1. The fourth-order valence-corrected chi connectivity index (χ4v) is 0.532. The highest BCUT2D eigenvalue weighted by Gasteiger charge is 1.86. The maximum Gasteiger partial charge on any atom is 0.379 e. The summed E-state index contributed by atoms with van der Waals surface area (Å²) < 4.78 is 29.0. The molecule has 1 aromatic rings. The summed E-state index contributed by atoms with van der Waals surface area (Å²) in [5, 5.41) is 0. The van der Waals surface area contributed by atoms with Crippen LogP contribution in [0.1, 0.15) is 17.8 Å². The highest BCUT2D eigenvalue weighted by atomic mass is 19.4. The summed E-state index contributed by atoms with van der Waals surface area (Å²) in [7, 11) is 0. The molecule has 0 N–H and O–H groups in total. The van der Waals surface area contributed by atoms with Crippen LogP contribution in [0.5, 0.6) is 0 Å². The number of benzene rings is 1. The van der Waals surface area contributed by atoms with Gasteiger partial charge in [0, 0.05) is 5.56 Å². The van der Waals surface area contributed by atoms with Crippen LogP contribution in [0.4, 0.5) is 13.2 Å². The Balaban J connectivity index is 0. The van der Waals surface area contributed by atoms with Crippen molar-refractivity contribution in [2.24, 2.45) is 0 Å². The van der Waals surface area contributed by atoms with Crippen LogP contribution in [0, 0.1) is 0 Å². The maximum atomic E-state index is 10.0. The van der Waals surface area contributed by atoms with Gasteiger partial charge in [-0.05, 0) is 0 Å². The number of carbonyl (C=O) groups excluding carboxylic acids is 1. The summed E-state index contributed by atoms with van der Waals surface area (Å²) in [6, 6.07) is 9.10. The number of hydrogen-bond donors (Lipinski definition) is 0. The van der Waals surface area contributed by atoms with Crippen LogP contribution in [0.25, 0.3) is 0 Å². The molecular weight excluding hydrogens is 181 g/mol. The van der Waals surface area contributed by atoms with Crippen LogP contribution >= 0.6 is 0 Å². The van der Waals surface area contributed by atoms with Gasteiger partial charge in [-0.1, -0.05) is 37.8 Å². The lowest BCUT2D eigenvalue weighted by molar-refractivity contribution is 0.00819. The number of hydrogen-bond acceptors (Lipinski definition) is 1. The quantitative estimate of drug-likeness (QED) is 0.624. The first-order valence-electron chi connectivity index (χ1n) is 3.09. The number of carbonyl (C=O) groups is 1. The predicted molar refractivity (Wildman–Crippen MR) is 45.7 cm³/mol. The summed E-state index contributed by atoms with van der Waals surface area (Å²) in [4.78, 5) is 10.0. The van der Waals surface area contributed by atoms with Crippen LogP contribution in [-0.2, 0) is 0 Å². The highest BCUT2D eigenvalue weighted by molar-refractivity contribution is 5.74. The third-order valence-corrected chi connectivity index (χ3v) is 0.936. The van der Waals surface area contributed by atoms with Gasteiger partial charge in [0.2, 0.25) is 0 Å². The highest BCUT2D eigenvalue weighted by Crippen LogP contribution is 1.91. The van der Waals surface area contributed by atoms with Crippen molar-refractivity contribution in [2.75, 3.05) is 0 Å². The van der Waals surface area contributed by atoms with E-state index in [0.29, 0.717) is 0 Å². The predicted octanol–water partition coefficient (Wildman–Crippen LogP) is 3.31. The normalized spacial score (nSPS) is 8.00. The van der Waals surface area contributed by atoms with Gasteiger partial charge in [-0.2, -0.15) is 13.2 Å². The van der Waals surface area contributed by atoms with Crippen molar-refractivity contribution in [2.45, 2.75) is 14.1 Å². The smallest absolute Gasteiger partial charge is 0.298 e. The molecule has 1 nitrogen and oxygen atoms in total. The van der Waals surface area contributed by atoms with E-state index in [2.05, 4.69) is 0 Å². The van der Waals surface area contributed by atoms with Crippen LogP contribution in [0.15, 0.2) is 30.3 Å². The van der Waals surface area contributed by atoms with E-state index in [4.69, 9.17) is 0 Å². The zero-order valence-electron chi connectivity index (χ0n) is 6.08. The first-order valence-corrected chi connectivity index (χ1v) is 3.09. The molecule has 0 saturated carbocycles. The molecule has 13 heavy (non-hydrogen) atoms. The molecule has 74 valence electrons. The topological polar surface area (TPSA) is 17.1 Å². The third kappa shape index (κ3) is 10.7. The van der Waals surface area contributed by atoms with Crippen molar-refractivity contribution >= 4 is 6.29 Å². The number of rotatable bonds is 1. The number of alkyl halides is 3. The Kier molecular flexibility index (Phi) is 9.60. The molecule has 4 heteroatoms. The average molecular weight is 192 g/mol. The van der Waals surface area contributed by atoms with Gasteiger partial charge >= 0.3 is 6.68 Å². The summed E-state index contributed by atoms with van der Waals surface area (Å²) in [6.45, 7) is -3.67. The second-order valence-electron chi connectivity index (χ2n) is 1.78. The van der Waals surface area contributed by atoms with Crippen LogP contribution in [0.3, 0.4) is 0 Å². The van der Waals surface area contributed by atoms with E-state index < -0.39 is 6.68 Å². The Morgan fingerprint density at radius 2 is 1.46 bits per heavy atom. The maximum absolute atomic E-state index is 10.0. The van der Waals surface area contributed by atoms with Gasteiger partial charge in [-0.3, -0.25) is 4.79 Å². The van der Waals surface area contributed by atoms with E-state index in [-0.39, 0.29) is 7.43 Å². The lowest BCUT2D eigenvalue weighted by atomic mass is 10.2. The van der Waals surface area contributed by atoms with E-state index in [1.165, 1.54) is 0 Å².